The van der Waals surface area contributed by atoms with Crippen molar-refractivity contribution in [3.05, 3.63) is 54.2 Å². The van der Waals surface area contributed by atoms with Crippen LogP contribution in [0.4, 0.5) is 5.82 Å². The van der Waals surface area contributed by atoms with Gasteiger partial charge in [0.15, 0.2) is 5.82 Å². The number of nitrogens with zero attached hydrogens (tertiary/aromatic N) is 3. The quantitative estimate of drug-likeness (QED) is 0.760. The van der Waals surface area contributed by atoms with Gasteiger partial charge in [0.1, 0.15) is 0 Å². The van der Waals surface area contributed by atoms with Gasteiger partial charge in [0.05, 0.1) is 19.3 Å². The lowest BCUT2D eigenvalue weighted by molar-refractivity contribution is 0.0274. The average Bonchev–Trinajstić information content (AvgIpc) is 2.68. The maximum Gasteiger partial charge on any atom is 0.151 e. The van der Waals surface area contributed by atoms with E-state index < -0.39 is 6.10 Å². The molecule has 0 radical (unpaired) electrons. The molecule has 6 heteroatoms. The van der Waals surface area contributed by atoms with Crippen LogP contribution in [0.1, 0.15) is 18.4 Å². The average molecular weight is 342 g/mol. The van der Waals surface area contributed by atoms with E-state index in [0.29, 0.717) is 25.8 Å². The van der Waals surface area contributed by atoms with Crippen LogP contribution >= 0.6 is 0 Å². The number of piperidine rings is 1. The SMILES string of the molecule is O[C@H](CN[C@H]1CCCN(c2cccnn2)C1)COCc1ccccc1. The van der Waals surface area contributed by atoms with Gasteiger partial charge in [-0.3, -0.25) is 0 Å². The minimum atomic E-state index is -0.504. The molecule has 1 saturated heterocycles. The Bertz CT molecular complexity index is 611. The first-order chi connectivity index (χ1) is 12.3. The van der Waals surface area contributed by atoms with Crippen molar-refractivity contribution < 1.29 is 9.84 Å². The fraction of sp³-hybridized carbons (Fsp3) is 0.474. The molecule has 0 amide bonds. The third kappa shape index (κ3) is 5.77. The van der Waals surface area contributed by atoms with Crippen LogP contribution < -0.4 is 10.2 Å². The number of benzene rings is 1. The molecular formula is C19H26N4O2. The molecule has 2 N–H and O–H groups in total. The lowest BCUT2D eigenvalue weighted by Gasteiger charge is -2.34. The zero-order valence-electron chi connectivity index (χ0n) is 14.4. The number of aromatic nitrogens is 2. The Morgan fingerprint density at radius 2 is 2.12 bits per heavy atom. The van der Waals surface area contributed by atoms with Gasteiger partial charge in [-0.05, 0) is 30.5 Å². The summed E-state index contributed by atoms with van der Waals surface area (Å²) >= 11 is 0. The zero-order chi connectivity index (χ0) is 17.3. The monoisotopic (exact) mass is 342 g/mol. The molecule has 0 spiro atoms. The lowest BCUT2D eigenvalue weighted by atomic mass is 10.1. The van der Waals surface area contributed by atoms with Crippen LogP contribution in [0.25, 0.3) is 0 Å². The van der Waals surface area contributed by atoms with Gasteiger partial charge < -0.3 is 20.1 Å². The van der Waals surface area contributed by atoms with Crippen LogP contribution in [0, 0.1) is 0 Å². The highest BCUT2D eigenvalue weighted by atomic mass is 16.5. The van der Waals surface area contributed by atoms with Crippen molar-refractivity contribution in [1.82, 2.24) is 15.5 Å². The summed E-state index contributed by atoms with van der Waals surface area (Å²) in [6.45, 7) is 3.29. The molecule has 1 aliphatic heterocycles. The van der Waals surface area contributed by atoms with E-state index in [9.17, 15) is 5.11 Å². The second kappa shape index (κ2) is 9.46. The van der Waals surface area contributed by atoms with Crippen LogP contribution in [0.2, 0.25) is 0 Å². The molecule has 2 heterocycles. The first-order valence-electron chi connectivity index (χ1n) is 8.87. The highest BCUT2D eigenvalue weighted by Gasteiger charge is 2.21. The van der Waals surface area contributed by atoms with E-state index in [-0.39, 0.29) is 0 Å². The highest BCUT2D eigenvalue weighted by Crippen LogP contribution is 2.16. The molecule has 6 nitrogen and oxygen atoms in total. The smallest absolute Gasteiger partial charge is 0.151 e. The summed E-state index contributed by atoms with van der Waals surface area (Å²) in [5, 5.41) is 21.7. The third-order valence-corrected chi connectivity index (χ3v) is 4.37. The van der Waals surface area contributed by atoms with E-state index in [4.69, 9.17) is 4.74 Å². The molecule has 3 rings (SSSR count). The van der Waals surface area contributed by atoms with Crippen molar-refractivity contribution in [2.75, 3.05) is 31.1 Å². The van der Waals surface area contributed by atoms with E-state index in [1.165, 1.54) is 0 Å². The number of hydrogen-bond donors (Lipinski definition) is 2. The minimum Gasteiger partial charge on any atom is -0.389 e. The van der Waals surface area contributed by atoms with E-state index in [2.05, 4.69) is 20.4 Å². The van der Waals surface area contributed by atoms with Gasteiger partial charge in [0.25, 0.3) is 0 Å². The Morgan fingerprint density at radius 1 is 1.24 bits per heavy atom. The summed E-state index contributed by atoms with van der Waals surface area (Å²) in [6, 6.07) is 14.2. The molecule has 1 aromatic carbocycles. The Hall–Kier alpha value is -2.02. The third-order valence-electron chi connectivity index (χ3n) is 4.37. The van der Waals surface area contributed by atoms with Crippen molar-refractivity contribution in [3.63, 3.8) is 0 Å². The fourth-order valence-electron chi connectivity index (χ4n) is 3.06. The van der Waals surface area contributed by atoms with Crippen molar-refractivity contribution in [2.45, 2.75) is 31.6 Å². The summed E-state index contributed by atoms with van der Waals surface area (Å²) in [5.41, 5.74) is 1.12. The van der Waals surface area contributed by atoms with Crippen molar-refractivity contribution in [2.24, 2.45) is 0 Å². The van der Waals surface area contributed by atoms with Crippen LogP contribution in [-0.4, -0.2) is 53.7 Å². The second-order valence-electron chi connectivity index (χ2n) is 6.43. The fourth-order valence-corrected chi connectivity index (χ4v) is 3.06. The van der Waals surface area contributed by atoms with Crippen molar-refractivity contribution in [3.8, 4) is 0 Å². The van der Waals surface area contributed by atoms with Crippen LogP contribution in [0.15, 0.2) is 48.7 Å². The molecule has 134 valence electrons. The maximum absolute atomic E-state index is 10.1. The summed E-state index contributed by atoms with van der Waals surface area (Å²) in [5.74, 6) is 0.917. The van der Waals surface area contributed by atoms with E-state index in [1.807, 2.05) is 42.5 Å². The number of nitrogens with one attached hydrogen (secondary N) is 1. The van der Waals surface area contributed by atoms with E-state index >= 15 is 0 Å². The summed E-state index contributed by atoms with van der Waals surface area (Å²) in [6.07, 6.45) is 3.40. The molecule has 0 bridgehead atoms. The number of ether oxygens (including phenoxy) is 1. The largest absolute Gasteiger partial charge is 0.389 e. The molecule has 2 aromatic rings. The molecule has 25 heavy (non-hydrogen) atoms. The molecule has 1 aliphatic rings. The van der Waals surface area contributed by atoms with Crippen LogP contribution in [-0.2, 0) is 11.3 Å². The number of hydrogen-bond acceptors (Lipinski definition) is 6. The maximum atomic E-state index is 10.1. The summed E-state index contributed by atoms with van der Waals surface area (Å²) in [4.78, 5) is 2.24. The van der Waals surface area contributed by atoms with E-state index in [1.54, 1.807) is 6.20 Å². The topological polar surface area (TPSA) is 70.5 Å². The van der Waals surface area contributed by atoms with Crippen molar-refractivity contribution in [1.29, 1.82) is 0 Å². The Labute approximate surface area is 148 Å². The molecule has 0 aliphatic carbocycles. The van der Waals surface area contributed by atoms with Gasteiger partial charge in [0, 0.05) is 31.9 Å². The molecule has 2 atom stereocenters. The molecular weight excluding hydrogens is 316 g/mol. The number of aliphatic hydroxyl groups is 1. The Kier molecular flexibility index (Phi) is 6.73. The number of rotatable bonds is 8. The van der Waals surface area contributed by atoms with Gasteiger partial charge in [-0.2, -0.15) is 5.10 Å². The van der Waals surface area contributed by atoms with Gasteiger partial charge in [0.2, 0.25) is 0 Å². The normalized spacial score (nSPS) is 18.9. The van der Waals surface area contributed by atoms with Crippen LogP contribution in [0.5, 0.6) is 0 Å². The predicted octanol–water partition coefficient (Wildman–Crippen LogP) is 1.61. The minimum absolute atomic E-state index is 0.336. The molecule has 0 unspecified atom stereocenters. The van der Waals surface area contributed by atoms with Gasteiger partial charge >= 0.3 is 0 Å². The van der Waals surface area contributed by atoms with E-state index in [0.717, 1.165) is 37.3 Å². The molecule has 1 aromatic heterocycles. The first-order valence-corrected chi connectivity index (χ1v) is 8.87. The van der Waals surface area contributed by atoms with Gasteiger partial charge in [-0.15, -0.1) is 5.10 Å². The van der Waals surface area contributed by atoms with Gasteiger partial charge in [-0.25, -0.2) is 0 Å². The Balaban J connectivity index is 1.36. The van der Waals surface area contributed by atoms with Crippen molar-refractivity contribution >= 4 is 5.82 Å². The molecule has 1 fully saturated rings. The standard InChI is InChI=1S/C19H26N4O2/c24-18(15-25-14-16-6-2-1-3-7-16)12-20-17-8-5-11-23(13-17)19-9-4-10-21-22-19/h1-4,6-7,9-10,17-18,20,24H,5,8,11-15H2/t17-,18+/m0/s1. The predicted molar refractivity (Wildman–Crippen MR) is 97.4 cm³/mol. The molecule has 0 saturated carbocycles. The number of aliphatic hydroxyl groups excluding tert-OH is 1. The summed E-state index contributed by atoms with van der Waals surface area (Å²) < 4.78 is 5.59. The first kappa shape index (κ1) is 17.8. The lowest BCUT2D eigenvalue weighted by Crippen LogP contribution is -2.48. The van der Waals surface area contributed by atoms with Crippen LogP contribution in [0.3, 0.4) is 0 Å². The Morgan fingerprint density at radius 3 is 2.92 bits per heavy atom. The zero-order valence-corrected chi connectivity index (χ0v) is 14.4. The van der Waals surface area contributed by atoms with Gasteiger partial charge in [-0.1, -0.05) is 30.3 Å². The highest BCUT2D eigenvalue weighted by molar-refractivity contribution is 5.37. The summed E-state index contributed by atoms with van der Waals surface area (Å²) in [7, 11) is 0. The number of anilines is 1. The second-order valence-corrected chi connectivity index (χ2v) is 6.43.